The molecule has 0 fully saturated rings. The second-order valence-corrected chi connectivity index (χ2v) is 10.5. The van der Waals surface area contributed by atoms with E-state index in [4.69, 9.17) is 8.83 Å². The van der Waals surface area contributed by atoms with Crippen molar-refractivity contribution in [2.75, 3.05) is 0 Å². The van der Waals surface area contributed by atoms with Crippen molar-refractivity contribution in [3.63, 3.8) is 0 Å². The van der Waals surface area contributed by atoms with Crippen molar-refractivity contribution >= 4 is 22.7 Å². The normalized spacial score (nSPS) is 7.38. The Labute approximate surface area is 352 Å². The van der Waals surface area contributed by atoms with Gasteiger partial charge >= 0.3 is 6.39 Å². The third kappa shape index (κ3) is 58.9. The fourth-order valence-electron chi connectivity index (χ4n) is 2.22. The summed E-state index contributed by atoms with van der Waals surface area (Å²) >= 11 is 3.52. The molecule has 322 valence electrons. The highest BCUT2D eigenvalue weighted by Gasteiger charge is 1.83. The summed E-state index contributed by atoms with van der Waals surface area (Å²) < 4.78 is 25.1. The Morgan fingerprint density at radius 3 is 1.30 bits per heavy atom. The van der Waals surface area contributed by atoms with Crippen LogP contribution in [0.3, 0.4) is 0 Å². The van der Waals surface area contributed by atoms with Crippen LogP contribution in [0.15, 0.2) is 137 Å². The molecule has 0 unspecified atom stereocenters. The standard InChI is InChI=1S/2C5H6O.2C5H6S.C4H5NO.C4H6NO.C4H5NO.7C2H6/c1-5-2-3-6-4-5;1-5-3-2-4-6-5;1-5-2-3-6-4-5;1-5-3-2-4-6-5;1-4-2-5-6-3-4;1-5-2-3-6-4-5;1-4-2-3-5-6-4;7*1-2/h4*2-4H,1H3;2-3H,1H3;2-4H,1H3;2-3H,1H3;7*1-2H3/q;;;;;+1;;;;;;;;. The molecule has 0 spiro atoms. The lowest BCUT2D eigenvalue weighted by atomic mass is 10.4. The van der Waals surface area contributed by atoms with E-state index in [0.29, 0.717) is 0 Å². The fraction of sp³-hybridized carbons (Fsp3) is 0.457. The van der Waals surface area contributed by atoms with Crippen molar-refractivity contribution < 1.29 is 26.9 Å². The molecule has 0 radical (unpaired) electrons. The highest BCUT2D eigenvalue weighted by atomic mass is 32.1. The molecular weight excluding hydrogens is 739 g/mol. The Morgan fingerprint density at radius 2 is 1.18 bits per heavy atom. The topological polar surface area (TPSA) is 95.4 Å². The van der Waals surface area contributed by atoms with E-state index in [1.807, 2.05) is 161 Å². The molecule has 0 bridgehead atoms. The van der Waals surface area contributed by atoms with Crippen molar-refractivity contribution in [1.82, 2.24) is 10.3 Å². The summed E-state index contributed by atoms with van der Waals surface area (Å²) in [7, 11) is 1.91. The van der Waals surface area contributed by atoms with Crippen molar-refractivity contribution in [3.8, 4) is 0 Å². The van der Waals surface area contributed by atoms with Gasteiger partial charge in [0.25, 0.3) is 0 Å². The van der Waals surface area contributed by atoms with Gasteiger partial charge < -0.3 is 22.3 Å². The van der Waals surface area contributed by atoms with E-state index in [1.54, 1.807) is 78.8 Å². The van der Waals surface area contributed by atoms with Gasteiger partial charge in [-0.05, 0) is 99.1 Å². The van der Waals surface area contributed by atoms with Crippen LogP contribution in [0.5, 0.6) is 0 Å². The largest absolute Gasteiger partial charge is 0.472 e. The van der Waals surface area contributed by atoms with Gasteiger partial charge in [0.2, 0.25) is 6.20 Å². The zero-order valence-electron chi connectivity index (χ0n) is 39.2. The number of hydrogen-bond donors (Lipinski definition) is 0. The number of furan rings is 2. The van der Waals surface area contributed by atoms with E-state index < -0.39 is 0 Å². The molecule has 8 nitrogen and oxygen atoms in total. The predicted molar refractivity (Wildman–Crippen MR) is 247 cm³/mol. The molecule has 0 aliphatic rings. The molecule has 10 heteroatoms. The second-order valence-electron chi connectivity index (χ2n) is 8.57. The van der Waals surface area contributed by atoms with Gasteiger partial charge in [0, 0.05) is 16.5 Å². The molecule has 0 saturated carbocycles. The summed E-state index contributed by atoms with van der Waals surface area (Å²) in [6.45, 7) is 39.9. The van der Waals surface area contributed by atoms with E-state index in [2.05, 4.69) is 72.0 Å². The molecule has 0 N–H and O–H groups in total. The van der Waals surface area contributed by atoms with Gasteiger partial charge in [-0.3, -0.25) is 0 Å². The summed E-state index contributed by atoms with van der Waals surface area (Å²) in [5, 5.41) is 13.2. The molecule has 7 rings (SSSR count). The van der Waals surface area contributed by atoms with Crippen molar-refractivity contribution in [3.05, 3.63) is 148 Å². The van der Waals surface area contributed by atoms with Crippen molar-refractivity contribution in [1.29, 1.82) is 0 Å². The SMILES string of the molecule is CC.CC.CC.CC.CC.CC.CC.C[n+]1ccoc1.Cc1ccco1.Cc1cccs1.Cc1ccno1.Cc1ccoc1.Cc1ccsc1.Cc1cnoc1. The maximum Gasteiger partial charge on any atom is 0.334 e. The van der Waals surface area contributed by atoms with Crippen molar-refractivity contribution in [2.24, 2.45) is 7.05 Å². The first-order valence-electron chi connectivity index (χ1n) is 19.8. The summed E-state index contributed by atoms with van der Waals surface area (Å²) in [5.74, 6) is 1.82. The van der Waals surface area contributed by atoms with Crippen LogP contribution in [-0.4, -0.2) is 10.3 Å². The lowest BCUT2D eigenvalue weighted by Gasteiger charge is -1.69. The number of thiophene rings is 2. The van der Waals surface area contributed by atoms with Crippen LogP contribution in [0.4, 0.5) is 0 Å². The Balaban J connectivity index is -0.0000000950. The van der Waals surface area contributed by atoms with Crippen LogP contribution in [0, 0.1) is 41.5 Å². The first-order valence-corrected chi connectivity index (χ1v) is 21.7. The molecule has 0 saturated heterocycles. The highest BCUT2D eigenvalue weighted by molar-refractivity contribution is 7.09. The summed E-state index contributed by atoms with van der Waals surface area (Å²) in [6.07, 6.45) is 15.0. The summed E-state index contributed by atoms with van der Waals surface area (Å²) in [4.78, 5) is 1.38. The minimum absolute atomic E-state index is 0.856. The Bertz CT molecular complexity index is 1090. The maximum absolute atomic E-state index is 4.83. The molecule has 0 aliphatic carbocycles. The Hall–Kier alpha value is -4.41. The van der Waals surface area contributed by atoms with Gasteiger partial charge in [0.1, 0.15) is 24.8 Å². The fourth-order valence-corrected chi connectivity index (χ4v) is 3.41. The van der Waals surface area contributed by atoms with Gasteiger partial charge in [0.05, 0.1) is 31.2 Å². The first kappa shape index (κ1) is 66.4. The van der Waals surface area contributed by atoms with E-state index in [0.717, 1.165) is 17.1 Å². The number of aromatic nitrogens is 3. The lowest BCUT2D eigenvalue weighted by molar-refractivity contribution is -0.674. The Kier molecular flexibility index (Phi) is 74.2. The number of oxazole rings is 1. The highest BCUT2D eigenvalue weighted by Crippen LogP contribution is 2.04. The van der Waals surface area contributed by atoms with Crippen LogP contribution >= 0.6 is 22.7 Å². The van der Waals surface area contributed by atoms with Gasteiger partial charge in [0.15, 0.2) is 6.26 Å². The van der Waals surface area contributed by atoms with Gasteiger partial charge in [-0.15, -0.1) is 11.3 Å². The van der Waals surface area contributed by atoms with Crippen LogP contribution < -0.4 is 4.57 Å². The van der Waals surface area contributed by atoms with E-state index >= 15 is 0 Å². The van der Waals surface area contributed by atoms with E-state index in [-0.39, 0.29) is 0 Å². The van der Waals surface area contributed by atoms with E-state index in [1.165, 1.54) is 16.0 Å². The smallest absolute Gasteiger partial charge is 0.334 e. The monoisotopic (exact) mass is 821 g/mol. The van der Waals surface area contributed by atoms with Gasteiger partial charge in [-0.2, -0.15) is 15.9 Å². The zero-order valence-corrected chi connectivity index (χ0v) is 40.8. The minimum atomic E-state index is 0.856. The lowest BCUT2D eigenvalue weighted by Crippen LogP contribution is -2.22. The Morgan fingerprint density at radius 1 is 0.554 bits per heavy atom. The summed E-state index contributed by atoms with van der Waals surface area (Å²) in [5.41, 5.74) is 3.60. The maximum atomic E-state index is 4.83. The first-order chi connectivity index (χ1) is 27.3. The molecule has 7 aromatic rings. The molecule has 0 amide bonds. The molecule has 0 aliphatic heterocycles. The number of hydrogen-bond acceptors (Lipinski definition) is 9. The molecule has 0 atom stereocenters. The van der Waals surface area contributed by atoms with Gasteiger partial charge in [-0.25, -0.2) is 0 Å². The third-order valence-electron chi connectivity index (χ3n) is 4.38. The minimum Gasteiger partial charge on any atom is -0.472 e. The molecule has 0 aromatic carbocycles. The van der Waals surface area contributed by atoms with Crippen LogP contribution in [0.25, 0.3) is 0 Å². The molecular formula is C46H82N3O5S2+. The average Bonchev–Trinajstić information content (AvgIpc) is 4.11. The zero-order chi connectivity index (χ0) is 44.8. The van der Waals surface area contributed by atoms with E-state index in [9.17, 15) is 0 Å². The average molecular weight is 821 g/mol. The number of nitrogens with zero attached hydrogens (tertiary/aromatic N) is 3. The molecule has 7 aromatic heterocycles. The summed E-state index contributed by atoms with van der Waals surface area (Å²) in [6, 6.07) is 13.8. The number of aryl methyl sites for hydroxylation is 7. The van der Waals surface area contributed by atoms with Crippen LogP contribution in [0.2, 0.25) is 0 Å². The molecule has 56 heavy (non-hydrogen) atoms. The number of rotatable bonds is 0. The van der Waals surface area contributed by atoms with Crippen LogP contribution in [0.1, 0.15) is 130 Å². The quantitative estimate of drug-likeness (QED) is 0.141. The second kappa shape index (κ2) is 62.6. The van der Waals surface area contributed by atoms with Gasteiger partial charge in [-0.1, -0.05) is 113 Å². The van der Waals surface area contributed by atoms with Crippen LogP contribution in [-0.2, 0) is 7.05 Å². The third-order valence-corrected chi connectivity index (χ3v) is 5.98. The molecule has 7 heterocycles. The predicted octanol–water partition coefficient (Wildman–Crippen LogP) is 16.5. The van der Waals surface area contributed by atoms with Crippen molar-refractivity contribution in [2.45, 2.75) is 138 Å².